The molecule has 1 aliphatic rings. The number of rotatable bonds is 3. The van der Waals surface area contributed by atoms with Crippen LogP contribution in [0.4, 0.5) is 13.2 Å². The van der Waals surface area contributed by atoms with Gasteiger partial charge in [0.05, 0.1) is 18.2 Å². The molecule has 1 fully saturated rings. The van der Waals surface area contributed by atoms with Crippen LogP contribution in [-0.4, -0.2) is 32.7 Å². The van der Waals surface area contributed by atoms with Crippen molar-refractivity contribution >= 4 is 22.6 Å². The van der Waals surface area contributed by atoms with Gasteiger partial charge < -0.3 is 4.74 Å². The highest BCUT2D eigenvalue weighted by Gasteiger charge is 2.37. The highest BCUT2D eigenvalue weighted by atomic mass is 19.4. The Balaban J connectivity index is 1.88. The van der Waals surface area contributed by atoms with Gasteiger partial charge in [0, 0.05) is 5.56 Å². The molecule has 0 atom stereocenters. The van der Waals surface area contributed by atoms with Crippen LogP contribution < -0.4 is 0 Å². The van der Waals surface area contributed by atoms with Crippen molar-refractivity contribution < 1.29 is 22.7 Å². The van der Waals surface area contributed by atoms with Crippen LogP contribution in [0.1, 0.15) is 40.5 Å². The van der Waals surface area contributed by atoms with Gasteiger partial charge in [-0.25, -0.2) is 19.3 Å². The Hall–Kier alpha value is -3.49. The highest BCUT2D eigenvalue weighted by molar-refractivity contribution is 5.97. The van der Waals surface area contributed by atoms with Crippen molar-refractivity contribution in [2.24, 2.45) is 0 Å². The van der Waals surface area contributed by atoms with Crippen LogP contribution in [-0.2, 0) is 10.9 Å². The summed E-state index contributed by atoms with van der Waals surface area (Å²) in [6.45, 7) is 0. The Labute approximate surface area is 168 Å². The molecule has 3 heterocycles. The molecule has 1 aromatic carbocycles. The van der Waals surface area contributed by atoms with E-state index in [9.17, 15) is 18.0 Å². The van der Waals surface area contributed by atoms with E-state index in [1.165, 1.54) is 17.7 Å². The van der Waals surface area contributed by atoms with Gasteiger partial charge in [0.25, 0.3) is 0 Å². The lowest BCUT2D eigenvalue weighted by Crippen LogP contribution is -2.10. The quantitative estimate of drug-likeness (QED) is 0.459. The zero-order valence-electron chi connectivity index (χ0n) is 15.8. The third-order valence-electron chi connectivity index (χ3n) is 5.15. The van der Waals surface area contributed by atoms with Gasteiger partial charge in [-0.2, -0.15) is 13.2 Å². The minimum atomic E-state index is -4.60. The molecular formula is C21H15F3N4O2. The summed E-state index contributed by atoms with van der Waals surface area (Å²) >= 11 is 0. The maximum atomic E-state index is 13.4. The van der Waals surface area contributed by atoms with Gasteiger partial charge in [-0.05, 0) is 36.5 Å². The molecule has 0 N–H and O–H groups in total. The second-order valence-corrected chi connectivity index (χ2v) is 7.19. The topological polar surface area (TPSA) is 69.4 Å². The Morgan fingerprint density at radius 3 is 2.50 bits per heavy atom. The monoisotopic (exact) mass is 412 g/mol. The van der Waals surface area contributed by atoms with E-state index in [1.54, 1.807) is 0 Å². The van der Waals surface area contributed by atoms with E-state index in [2.05, 4.69) is 15.1 Å². The number of pyridine rings is 1. The molecule has 30 heavy (non-hydrogen) atoms. The summed E-state index contributed by atoms with van der Waals surface area (Å²) in [4.78, 5) is 20.8. The summed E-state index contributed by atoms with van der Waals surface area (Å²) < 4.78 is 46.3. The van der Waals surface area contributed by atoms with E-state index in [4.69, 9.17) is 4.74 Å². The smallest absolute Gasteiger partial charge is 0.433 e. The average molecular weight is 412 g/mol. The lowest BCUT2D eigenvalue weighted by molar-refractivity contribution is -0.141. The Morgan fingerprint density at radius 1 is 1.13 bits per heavy atom. The summed E-state index contributed by atoms with van der Waals surface area (Å²) in [6, 6.07) is 11.8. The lowest BCUT2D eigenvalue weighted by Gasteiger charge is -2.09. The van der Waals surface area contributed by atoms with Crippen LogP contribution in [0, 0.1) is 0 Å². The standard InChI is InChI=1S/C21H15F3N4O2/c1-30-20(29)15-10-14(12-5-3-2-4-6-12)25-19-17-13(11-7-8-11)9-16(21(22,23)24)26-18(17)27-28(15)19/h2-6,9-11H,7-8H2,1H3. The van der Waals surface area contributed by atoms with Gasteiger partial charge in [-0.1, -0.05) is 30.3 Å². The lowest BCUT2D eigenvalue weighted by atomic mass is 10.1. The molecule has 0 aliphatic heterocycles. The van der Waals surface area contributed by atoms with Gasteiger partial charge in [0.15, 0.2) is 17.0 Å². The van der Waals surface area contributed by atoms with E-state index < -0.39 is 17.8 Å². The Bertz CT molecular complexity index is 1290. The third-order valence-corrected chi connectivity index (χ3v) is 5.15. The van der Waals surface area contributed by atoms with Crippen LogP contribution in [0.3, 0.4) is 0 Å². The van der Waals surface area contributed by atoms with E-state index in [-0.39, 0.29) is 22.9 Å². The molecule has 3 aromatic heterocycles. The molecule has 0 saturated heterocycles. The summed E-state index contributed by atoms with van der Waals surface area (Å²) in [5, 5.41) is 4.64. The number of halogens is 3. The van der Waals surface area contributed by atoms with Crippen molar-refractivity contribution in [3.05, 3.63) is 59.4 Å². The predicted octanol–water partition coefficient (Wildman–Crippen LogP) is 4.63. The average Bonchev–Trinajstić information content (AvgIpc) is 3.52. The minimum absolute atomic E-state index is 0.00615. The number of nitrogens with zero attached hydrogens (tertiary/aromatic N) is 4. The summed E-state index contributed by atoms with van der Waals surface area (Å²) in [5.74, 6) is -0.676. The molecule has 9 heteroatoms. The number of ether oxygens (including phenoxy) is 1. The van der Waals surface area contributed by atoms with Crippen molar-refractivity contribution in [3.63, 3.8) is 0 Å². The molecular weight excluding hydrogens is 397 g/mol. The number of hydrogen-bond acceptors (Lipinski definition) is 5. The number of alkyl halides is 3. The number of esters is 1. The summed E-state index contributed by atoms with van der Waals surface area (Å²) in [5.41, 5.74) is 1.03. The maximum Gasteiger partial charge on any atom is 0.433 e. The number of benzene rings is 1. The molecule has 0 bridgehead atoms. The molecule has 0 unspecified atom stereocenters. The van der Waals surface area contributed by atoms with Crippen molar-refractivity contribution in [2.75, 3.05) is 7.11 Å². The maximum absolute atomic E-state index is 13.4. The fourth-order valence-corrected chi connectivity index (χ4v) is 3.58. The van der Waals surface area contributed by atoms with E-state index >= 15 is 0 Å². The molecule has 6 nitrogen and oxygen atoms in total. The number of methoxy groups -OCH3 is 1. The third kappa shape index (κ3) is 2.97. The van der Waals surface area contributed by atoms with Crippen LogP contribution in [0.2, 0.25) is 0 Å². The van der Waals surface area contributed by atoms with E-state index in [0.29, 0.717) is 16.6 Å². The van der Waals surface area contributed by atoms with Gasteiger partial charge in [-0.15, -0.1) is 5.10 Å². The van der Waals surface area contributed by atoms with E-state index in [0.717, 1.165) is 24.5 Å². The van der Waals surface area contributed by atoms with Crippen molar-refractivity contribution in [1.29, 1.82) is 0 Å². The van der Waals surface area contributed by atoms with Crippen molar-refractivity contribution in [2.45, 2.75) is 24.9 Å². The van der Waals surface area contributed by atoms with Crippen molar-refractivity contribution in [1.82, 2.24) is 19.6 Å². The Morgan fingerprint density at radius 2 is 1.87 bits per heavy atom. The SMILES string of the molecule is COC(=O)c1cc(-c2ccccc2)nc2c3c(C4CC4)cc(C(F)(F)F)nc3nn12. The second-order valence-electron chi connectivity index (χ2n) is 7.19. The number of aromatic nitrogens is 4. The molecule has 1 aliphatic carbocycles. The molecule has 1 saturated carbocycles. The Kier molecular flexibility index (Phi) is 4.02. The molecule has 0 amide bonds. The van der Waals surface area contributed by atoms with Gasteiger partial charge in [0.2, 0.25) is 0 Å². The van der Waals surface area contributed by atoms with Crippen LogP contribution in [0.5, 0.6) is 0 Å². The number of carbonyl (C=O) groups excluding carboxylic acids is 1. The molecule has 152 valence electrons. The summed E-state index contributed by atoms with van der Waals surface area (Å²) in [7, 11) is 1.23. The second kappa shape index (κ2) is 6.51. The van der Waals surface area contributed by atoms with E-state index in [1.807, 2.05) is 30.3 Å². The molecule has 4 aromatic rings. The van der Waals surface area contributed by atoms with Crippen LogP contribution >= 0.6 is 0 Å². The normalized spacial score (nSPS) is 14.4. The number of fused-ring (bicyclic) bond motifs is 3. The first-order valence-electron chi connectivity index (χ1n) is 9.32. The number of hydrogen-bond donors (Lipinski definition) is 0. The molecule has 0 spiro atoms. The van der Waals surface area contributed by atoms with Gasteiger partial charge in [0.1, 0.15) is 5.69 Å². The first kappa shape index (κ1) is 18.5. The first-order valence-corrected chi connectivity index (χ1v) is 9.32. The van der Waals surface area contributed by atoms with Gasteiger partial charge in [-0.3, -0.25) is 0 Å². The summed E-state index contributed by atoms with van der Waals surface area (Å²) in [6.07, 6.45) is -3.02. The zero-order valence-corrected chi connectivity index (χ0v) is 15.8. The van der Waals surface area contributed by atoms with Crippen LogP contribution in [0.15, 0.2) is 42.5 Å². The fraction of sp³-hybridized carbons (Fsp3) is 0.238. The zero-order chi connectivity index (χ0) is 21.0. The van der Waals surface area contributed by atoms with Crippen LogP contribution in [0.25, 0.3) is 27.9 Å². The first-order chi connectivity index (χ1) is 14.4. The van der Waals surface area contributed by atoms with Gasteiger partial charge >= 0.3 is 12.1 Å². The highest BCUT2D eigenvalue weighted by Crippen LogP contribution is 2.45. The fourth-order valence-electron chi connectivity index (χ4n) is 3.58. The minimum Gasteiger partial charge on any atom is -0.464 e. The molecule has 0 radical (unpaired) electrons. The predicted molar refractivity (Wildman–Crippen MR) is 102 cm³/mol. The largest absolute Gasteiger partial charge is 0.464 e. The molecule has 5 rings (SSSR count). The number of carbonyl (C=O) groups is 1. The van der Waals surface area contributed by atoms with Crippen molar-refractivity contribution in [3.8, 4) is 11.3 Å².